The third-order valence-electron chi connectivity index (χ3n) is 3.12. The SMILES string of the molecule is CCCOc1ccc(C(=O)NCC(C)C(=O)O)cc1OCCC. The Balaban J connectivity index is 2.81. The number of rotatable bonds is 10. The molecule has 1 unspecified atom stereocenters. The first-order valence-corrected chi connectivity index (χ1v) is 7.90. The molecule has 0 aliphatic carbocycles. The summed E-state index contributed by atoms with van der Waals surface area (Å²) < 4.78 is 11.3. The zero-order valence-corrected chi connectivity index (χ0v) is 13.9. The molecular formula is C17H25NO5. The standard InChI is InChI=1S/C17H25NO5/c1-4-8-22-14-7-6-13(10-15(14)23-9-5-2)16(19)18-11-12(3)17(20)21/h6-7,10,12H,4-5,8-9,11H2,1-3H3,(H,18,19)(H,20,21). The minimum absolute atomic E-state index is 0.0768. The number of nitrogens with one attached hydrogen (secondary N) is 1. The van der Waals surface area contributed by atoms with Crippen molar-refractivity contribution in [3.05, 3.63) is 23.8 Å². The van der Waals surface area contributed by atoms with Gasteiger partial charge in [-0.1, -0.05) is 20.8 Å². The Labute approximate surface area is 136 Å². The average molecular weight is 323 g/mol. The van der Waals surface area contributed by atoms with E-state index < -0.39 is 11.9 Å². The molecule has 0 fully saturated rings. The first kappa shape index (κ1) is 18.8. The molecule has 0 heterocycles. The third kappa shape index (κ3) is 6.18. The monoisotopic (exact) mass is 323 g/mol. The fraction of sp³-hybridized carbons (Fsp3) is 0.529. The van der Waals surface area contributed by atoms with Crippen LogP contribution in [-0.2, 0) is 4.79 Å². The summed E-state index contributed by atoms with van der Waals surface area (Å²) in [5.41, 5.74) is 0.414. The van der Waals surface area contributed by atoms with Crippen LogP contribution in [0.15, 0.2) is 18.2 Å². The molecule has 0 saturated heterocycles. The van der Waals surface area contributed by atoms with Gasteiger partial charge in [-0.05, 0) is 31.0 Å². The number of carboxylic acid groups (broad SMARTS) is 1. The van der Waals surface area contributed by atoms with E-state index in [4.69, 9.17) is 14.6 Å². The van der Waals surface area contributed by atoms with Crippen LogP contribution in [0.1, 0.15) is 44.0 Å². The van der Waals surface area contributed by atoms with Crippen LogP contribution >= 0.6 is 0 Å². The molecule has 1 aromatic rings. The second-order valence-electron chi connectivity index (χ2n) is 5.31. The van der Waals surface area contributed by atoms with Crippen LogP contribution in [0.2, 0.25) is 0 Å². The lowest BCUT2D eigenvalue weighted by atomic mass is 10.1. The van der Waals surface area contributed by atoms with Gasteiger partial charge >= 0.3 is 5.97 Å². The first-order chi connectivity index (χ1) is 11.0. The molecule has 0 spiro atoms. The maximum absolute atomic E-state index is 12.1. The maximum Gasteiger partial charge on any atom is 0.308 e. The summed E-state index contributed by atoms with van der Waals surface area (Å²) in [5, 5.41) is 11.4. The predicted molar refractivity (Wildman–Crippen MR) is 87.1 cm³/mol. The van der Waals surface area contributed by atoms with Crippen molar-refractivity contribution in [2.24, 2.45) is 5.92 Å². The molecule has 6 heteroatoms. The van der Waals surface area contributed by atoms with Crippen LogP contribution < -0.4 is 14.8 Å². The number of carbonyl (C=O) groups excluding carboxylic acids is 1. The Bertz CT molecular complexity index is 530. The number of aliphatic carboxylic acids is 1. The van der Waals surface area contributed by atoms with Crippen molar-refractivity contribution in [2.45, 2.75) is 33.6 Å². The minimum Gasteiger partial charge on any atom is -0.490 e. The van der Waals surface area contributed by atoms with Gasteiger partial charge in [0.25, 0.3) is 5.91 Å². The highest BCUT2D eigenvalue weighted by Gasteiger charge is 2.15. The van der Waals surface area contributed by atoms with Crippen molar-refractivity contribution in [2.75, 3.05) is 19.8 Å². The molecule has 6 nitrogen and oxygen atoms in total. The average Bonchev–Trinajstić information content (AvgIpc) is 2.55. The molecule has 128 valence electrons. The highest BCUT2D eigenvalue weighted by Crippen LogP contribution is 2.28. The maximum atomic E-state index is 12.1. The van der Waals surface area contributed by atoms with E-state index in [-0.39, 0.29) is 12.5 Å². The van der Waals surface area contributed by atoms with Gasteiger partial charge < -0.3 is 19.9 Å². The summed E-state index contributed by atoms with van der Waals surface area (Å²) in [4.78, 5) is 22.9. The molecule has 1 rings (SSSR count). The second kappa shape index (κ2) is 9.71. The number of benzene rings is 1. The molecule has 1 atom stereocenters. The quantitative estimate of drug-likeness (QED) is 0.691. The van der Waals surface area contributed by atoms with Crippen LogP contribution in [0.3, 0.4) is 0 Å². The van der Waals surface area contributed by atoms with Crippen molar-refractivity contribution in [3.63, 3.8) is 0 Å². The Hall–Kier alpha value is -2.24. The largest absolute Gasteiger partial charge is 0.490 e. The van der Waals surface area contributed by atoms with E-state index in [1.165, 1.54) is 0 Å². The lowest BCUT2D eigenvalue weighted by Crippen LogP contribution is -2.31. The van der Waals surface area contributed by atoms with Crippen molar-refractivity contribution >= 4 is 11.9 Å². The Morgan fingerprint density at radius 1 is 1.13 bits per heavy atom. The van der Waals surface area contributed by atoms with Crippen LogP contribution in [0, 0.1) is 5.92 Å². The van der Waals surface area contributed by atoms with E-state index in [1.807, 2.05) is 13.8 Å². The van der Waals surface area contributed by atoms with Crippen LogP contribution in [0.25, 0.3) is 0 Å². The minimum atomic E-state index is -0.944. The van der Waals surface area contributed by atoms with Gasteiger partial charge in [0, 0.05) is 12.1 Å². The molecule has 1 aromatic carbocycles. The van der Waals surface area contributed by atoms with E-state index in [9.17, 15) is 9.59 Å². The van der Waals surface area contributed by atoms with Crippen molar-refractivity contribution in [1.82, 2.24) is 5.32 Å². The highest BCUT2D eigenvalue weighted by atomic mass is 16.5. The summed E-state index contributed by atoms with van der Waals surface area (Å²) in [6, 6.07) is 4.97. The zero-order chi connectivity index (χ0) is 17.2. The van der Waals surface area contributed by atoms with Crippen molar-refractivity contribution in [3.8, 4) is 11.5 Å². The zero-order valence-electron chi connectivity index (χ0n) is 13.9. The smallest absolute Gasteiger partial charge is 0.308 e. The van der Waals surface area contributed by atoms with E-state index in [2.05, 4.69) is 5.32 Å². The Morgan fingerprint density at radius 2 is 1.74 bits per heavy atom. The van der Waals surface area contributed by atoms with E-state index in [0.717, 1.165) is 12.8 Å². The molecule has 1 amide bonds. The highest BCUT2D eigenvalue weighted by molar-refractivity contribution is 5.95. The lowest BCUT2D eigenvalue weighted by Gasteiger charge is -2.14. The molecule has 0 bridgehead atoms. The lowest BCUT2D eigenvalue weighted by molar-refractivity contribution is -0.140. The number of carbonyl (C=O) groups is 2. The van der Waals surface area contributed by atoms with Gasteiger partial charge in [0.05, 0.1) is 19.1 Å². The van der Waals surface area contributed by atoms with Gasteiger partial charge in [0.15, 0.2) is 11.5 Å². The number of hydrogen-bond acceptors (Lipinski definition) is 4. The summed E-state index contributed by atoms with van der Waals surface area (Å²) in [5.74, 6) is -0.779. The molecule has 0 aliphatic rings. The van der Waals surface area contributed by atoms with Crippen LogP contribution in [0.5, 0.6) is 11.5 Å². The normalized spacial score (nSPS) is 11.6. The molecule has 2 N–H and O–H groups in total. The van der Waals surface area contributed by atoms with Crippen LogP contribution in [-0.4, -0.2) is 36.7 Å². The first-order valence-electron chi connectivity index (χ1n) is 7.90. The number of carboxylic acids is 1. The van der Waals surface area contributed by atoms with E-state index >= 15 is 0 Å². The van der Waals surface area contributed by atoms with Gasteiger partial charge in [-0.15, -0.1) is 0 Å². The number of ether oxygens (including phenoxy) is 2. The Morgan fingerprint density at radius 3 is 2.30 bits per heavy atom. The summed E-state index contributed by atoms with van der Waals surface area (Å²) >= 11 is 0. The summed E-state index contributed by atoms with van der Waals surface area (Å²) in [6.45, 7) is 6.73. The molecule has 0 radical (unpaired) electrons. The van der Waals surface area contributed by atoms with Gasteiger partial charge in [-0.2, -0.15) is 0 Å². The molecule has 23 heavy (non-hydrogen) atoms. The van der Waals surface area contributed by atoms with Gasteiger partial charge in [-0.25, -0.2) is 0 Å². The Kier molecular flexibility index (Phi) is 7.94. The topological polar surface area (TPSA) is 84.9 Å². The van der Waals surface area contributed by atoms with Gasteiger partial charge in [-0.3, -0.25) is 9.59 Å². The van der Waals surface area contributed by atoms with Gasteiger partial charge in [0.2, 0.25) is 0 Å². The third-order valence-corrected chi connectivity index (χ3v) is 3.12. The molecular weight excluding hydrogens is 298 g/mol. The van der Waals surface area contributed by atoms with Gasteiger partial charge in [0.1, 0.15) is 0 Å². The number of hydrogen-bond donors (Lipinski definition) is 2. The van der Waals surface area contributed by atoms with Crippen LogP contribution in [0.4, 0.5) is 0 Å². The molecule has 0 saturated carbocycles. The fourth-order valence-corrected chi connectivity index (χ4v) is 1.74. The molecule has 0 aromatic heterocycles. The molecule has 0 aliphatic heterocycles. The summed E-state index contributed by atoms with van der Waals surface area (Å²) in [7, 11) is 0. The number of amides is 1. The summed E-state index contributed by atoms with van der Waals surface area (Å²) in [6.07, 6.45) is 1.72. The van der Waals surface area contributed by atoms with Crippen molar-refractivity contribution < 1.29 is 24.2 Å². The predicted octanol–water partition coefficient (Wildman–Crippen LogP) is 2.71. The van der Waals surface area contributed by atoms with E-state index in [0.29, 0.717) is 30.3 Å². The fourth-order valence-electron chi connectivity index (χ4n) is 1.74. The van der Waals surface area contributed by atoms with E-state index in [1.54, 1.807) is 25.1 Å². The van der Waals surface area contributed by atoms with Crippen molar-refractivity contribution in [1.29, 1.82) is 0 Å². The second-order valence-corrected chi connectivity index (χ2v) is 5.31.